The van der Waals surface area contributed by atoms with E-state index in [1.807, 2.05) is 6.20 Å². The summed E-state index contributed by atoms with van der Waals surface area (Å²) in [4.78, 5) is 0. The fourth-order valence-electron chi connectivity index (χ4n) is 2.95. The Kier molecular flexibility index (Phi) is 5.70. The molecule has 1 aromatic heterocycles. The van der Waals surface area contributed by atoms with E-state index in [9.17, 15) is 0 Å². The standard InChI is InChI=1S/C16H25N3O2/c1-4-7-15(21-11-10-20-3)16(2)9-6-5-8-13(16)14-12-17-19-18-14/h5-6,8-9,12-13,15H,4,7,10-11H2,1-3H3,(H,17,18,19). The highest BCUT2D eigenvalue weighted by Gasteiger charge is 2.41. The van der Waals surface area contributed by atoms with Crippen LogP contribution in [0.2, 0.25) is 0 Å². The van der Waals surface area contributed by atoms with Gasteiger partial charge < -0.3 is 9.47 Å². The van der Waals surface area contributed by atoms with Crippen molar-refractivity contribution in [2.75, 3.05) is 20.3 Å². The lowest BCUT2D eigenvalue weighted by molar-refractivity contribution is -0.0427. The molecule has 0 saturated heterocycles. The molecule has 116 valence electrons. The van der Waals surface area contributed by atoms with Crippen molar-refractivity contribution >= 4 is 0 Å². The van der Waals surface area contributed by atoms with E-state index in [0.29, 0.717) is 13.2 Å². The number of aromatic nitrogens is 3. The maximum absolute atomic E-state index is 6.13. The van der Waals surface area contributed by atoms with Crippen LogP contribution in [-0.2, 0) is 9.47 Å². The lowest BCUT2D eigenvalue weighted by atomic mass is 9.68. The normalized spacial score (nSPS) is 26.1. The van der Waals surface area contributed by atoms with Crippen LogP contribution in [-0.4, -0.2) is 41.8 Å². The van der Waals surface area contributed by atoms with E-state index in [1.54, 1.807) is 7.11 Å². The van der Waals surface area contributed by atoms with Crippen LogP contribution in [0, 0.1) is 5.41 Å². The Morgan fingerprint density at radius 3 is 2.90 bits per heavy atom. The lowest BCUT2D eigenvalue weighted by Gasteiger charge is -2.41. The van der Waals surface area contributed by atoms with E-state index in [2.05, 4.69) is 53.6 Å². The molecular weight excluding hydrogens is 266 g/mol. The summed E-state index contributed by atoms with van der Waals surface area (Å²) in [6.45, 7) is 5.65. The van der Waals surface area contributed by atoms with Crippen LogP contribution in [0.15, 0.2) is 30.5 Å². The number of ether oxygens (including phenoxy) is 2. The highest BCUT2D eigenvalue weighted by atomic mass is 16.5. The van der Waals surface area contributed by atoms with Gasteiger partial charge in [-0.05, 0) is 6.42 Å². The van der Waals surface area contributed by atoms with Gasteiger partial charge in [0.25, 0.3) is 0 Å². The summed E-state index contributed by atoms with van der Waals surface area (Å²) in [6, 6.07) is 0. The summed E-state index contributed by atoms with van der Waals surface area (Å²) in [7, 11) is 1.70. The van der Waals surface area contributed by atoms with E-state index in [0.717, 1.165) is 18.5 Å². The fraction of sp³-hybridized carbons (Fsp3) is 0.625. The summed E-state index contributed by atoms with van der Waals surface area (Å²) in [5, 5.41) is 10.9. The third-order valence-corrected chi connectivity index (χ3v) is 4.15. The molecule has 0 saturated carbocycles. The van der Waals surface area contributed by atoms with Crippen LogP contribution in [0.1, 0.15) is 38.3 Å². The monoisotopic (exact) mass is 291 g/mol. The van der Waals surface area contributed by atoms with Crippen molar-refractivity contribution in [2.45, 2.75) is 38.7 Å². The highest BCUT2D eigenvalue weighted by molar-refractivity contribution is 5.29. The van der Waals surface area contributed by atoms with Gasteiger partial charge in [0.05, 0.1) is 25.0 Å². The Morgan fingerprint density at radius 1 is 1.38 bits per heavy atom. The van der Waals surface area contributed by atoms with Gasteiger partial charge in [-0.3, -0.25) is 5.10 Å². The zero-order chi connectivity index (χ0) is 15.1. The number of aromatic amines is 1. The van der Waals surface area contributed by atoms with Crippen LogP contribution in [0.25, 0.3) is 0 Å². The highest BCUT2D eigenvalue weighted by Crippen LogP contribution is 2.44. The molecule has 5 nitrogen and oxygen atoms in total. The largest absolute Gasteiger partial charge is 0.382 e. The van der Waals surface area contributed by atoms with Gasteiger partial charge in [0.15, 0.2) is 0 Å². The van der Waals surface area contributed by atoms with Crippen molar-refractivity contribution in [3.63, 3.8) is 0 Å². The first-order chi connectivity index (χ1) is 10.2. The molecule has 1 N–H and O–H groups in total. The second kappa shape index (κ2) is 7.52. The van der Waals surface area contributed by atoms with Crippen molar-refractivity contribution in [2.24, 2.45) is 5.41 Å². The lowest BCUT2D eigenvalue weighted by Crippen LogP contribution is -2.39. The predicted molar refractivity (Wildman–Crippen MR) is 82.0 cm³/mol. The Morgan fingerprint density at radius 2 is 2.24 bits per heavy atom. The topological polar surface area (TPSA) is 60.0 Å². The van der Waals surface area contributed by atoms with Crippen LogP contribution >= 0.6 is 0 Å². The molecule has 0 bridgehead atoms. The molecule has 0 radical (unpaired) electrons. The van der Waals surface area contributed by atoms with Crippen molar-refractivity contribution in [1.29, 1.82) is 0 Å². The summed E-state index contributed by atoms with van der Waals surface area (Å²) < 4.78 is 11.2. The van der Waals surface area contributed by atoms with Crippen LogP contribution in [0.4, 0.5) is 0 Å². The maximum Gasteiger partial charge on any atom is 0.0902 e. The number of methoxy groups -OCH3 is 1. The first kappa shape index (κ1) is 15.9. The minimum Gasteiger partial charge on any atom is -0.382 e. The molecule has 0 amide bonds. The smallest absolute Gasteiger partial charge is 0.0902 e. The second-order valence-corrected chi connectivity index (χ2v) is 5.63. The Labute approximate surface area is 126 Å². The molecule has 3 unspecified atom stereocenters. The van der Waals surface area contributed by atoms with E-state index >= 15 is 0 Å². The van der Waals surface area contributed by atoms with E-state index in [1.165, 1.54) is 0 Å². The molecule has 1 aromatic rings. The number of rotatable bonds is 8. The van der Waals surface area contributed by atoms with Gasteiger partial charge in [-0.1, -0.05) is 49.8 Å². The number of nitrogens with one attached hydrogen (secondary N) is 1. The predicted octanol–water partition coefficient (Wildman–Crippen LogP) is 2.85. The number of hydrogen-bond donors (Lipinski definition) is 1. The average molecular weight is 291 g/mol. The molecule has 0 aliphatic heterocycles. The van der Waals surface area contributed by atoms with Crippen molar-refractivity contribution in [1.82, 2.24) is 15.4 Å². The maximum atomic E-state index is 6.13. The molecule has 21 heavy (non-hydrogen) atoms. The van der Waals surface area contributed by atoms with Gasteiger partial charge in [0.1, 0.15) is 0 Å². The molecule has 0 spiro atoms. The summed E-state index contributed by atoms with van der Waals surface area (Å²) >= 11 is 0. The molecule has 0 aromatic carbocycles. The molecule has 1 aliphatic carbocycles. The van der Waals surface area contributed by atoms with Crippen molar-refractivity contribution < 1.29 is 9.47 Å². The molecule has 2 rings (SSSR count). The van der Waals surface area contributed by atoms with E-state index in [-0.39, 0.29) is 17.4 Å². The van der Waals surface area contributed by atoms with Crippen molar-refractivity contribution in [3.05, 3.63) is 36.2 Å². The number of hydrogen-bond acceptors (Lipinski definition) is 4. The quantitative estimate of drug-likeness (QED) is 0.748. The first-order valence-corrected chi connectivity index (χ1v) is 7.55. The fourth-order valence-corrected chi connectivity index (χ4v) is 2.95. The Hall–Kier alpha value is -1.46. The Balaban J connectivity index is 2.21. The molecule has 1 aliphatic rings. The third kappa shape index (κ3) is 3.60. The van der Waals surface area contributed by atoms with Crippen LogP contribution < -0.4 is 0 Å². The zero-order valence-electron chi connectivity index (χ0n) is 13.1. The molecule has 0 fully saturated rings. The first-order valence-electron chi connectivity index (χ1n) is 7.55. The SMILES string of the molecule is CCCC(OCCOC)C1(C)C=CC=CC1c1c[nH]nn1. The Bertz CT molecular complexity index is 470. The summed E-state index contributed by atoms with van der Waals surface area (Å²) in [6.07, 6.45) is 12.7. The molecule has 1 heterocycles. The number of allylic oxidation sites excluding steroid dienone is 3. The zero-order valence-corrected chi connectivity index (χ0v) is 13.1. The molecule has 3 atom stereocenters. The van der Waals surface area contributed by atoms with Gasteiger partial charge in [-0.2, -0.15) is 0 Å². The van der Waals surface area contributed by atoms with Crippen LogP contribution in [0.3, 0.4) is 0 Å². The van der Waals surface area contributed by atoms with Gasteiger partial charge >= 0.3 is 0 Å². The van der Waals surface area contributed by atoms with Gasteiger partial charge in [-0.25, -0.2) is 0 Å². The van der Waals surface area contributed by atoms with Crippen LogP contribution in [0.5, 0.6) is 0 Å². The number of nitrogens with zero attached hydrogens (tertiary/aromatic N) is 2. The minimum atomic E-state index is -0.130. The molecule has 5 heteroatoms. The minimum absolute atomic E-state index is 0.126. The van der Waals surface area contributed by atoms with Gasteiger partial charge in [0, 0.05) is 24.6 Å². The van der Waals surface area contributed by atoms with E-state index < -0.39 is 0 Å². The van der Waals surface area contributed by atoms with Gasteiger partial charge in [0.2, 0.25) is 0 Å². The van der Waals surface area contributed by atoms with E-state index in [4.69, 9.17) is 9.47 Å². The summed E-state index contributed by atoms with van der Waals surface area (Å²) in [5.74, 6) is 0.167. The molecular formula is C16H25N3O2. The second-order valence-electron chi connectivity index (χ2n) is 5.63. The summed E-state index contributed by atoms with van der Waals surface area (Å²) in [5.41, 5.74) is 0.824. The third-order valence-electron chi connectivity index (χ3n) is 4.15. The van der Waals surface area contributed by atoms with Crippen molar-refractivity contribution in [3.8, 4) is 0 Å². The number of H-pyrrole nitrogens is 1. The average Bonchev–Trinajstić information content (AvgIpc) is 3.01. The van der Waals surface area contributed by atoms with Gasteiger partial charge in [-0.15, -0.1) is 5.10 Å².